The second-order valence-corrected chi connectivity index (χ2v) is 8.42. The average molecular weight is 410 g/mol. The van der Waals surface area contributed by atoms with Crippen LogP contribution in [0.2, 0.25) is 10.0 Å². The summed E-state index contributed by atoms with van der Waals surface area (Å²) in [6.07, 6.45) is 3.98. The molecule has 2 bridgehead atoms. The van der Waals surface area contributed by atoms with Crippen molar-refractivity contribution >= 4 is 23.2 Å². The van der Waals surface area contributed by atoms with E-state index >= 15 is 0 Å². The molecule has 1 aliphatic carbocycles. The minimum atomic E-state index is -1.65. The molecule has 3 aliphatic rings. The molecule has 28 heavy (non-hydrogen) atoms. The number of hydrogen-bond acceptors (Lipinski definition) is 5. The van der Waals surface area contributed by atoms with Gasteiger partial charge in [0, 0.05) is 23.9 Å². The van der Waals surface area contributed by atoms with Gasteiger partial charge >= 0.3 is 0 Å². The standard InChI is InChI=1S/C21H17Cl2N5/c1-28-12-3-5-17(28)18-13(7-12)14(8-24)20(27)21(9-25,10-26)19(18)11-2-4-15(22)16(23)6-11/h2,4,6-7,12,17-19H,3,5,27H2,1H3/t12-,17+,18+,19+/m0/s1. The molecule has 2 aliphatic heterocycles. The predicted molar refractivity (Wildman–Crippen MR) is 106 cm³/mol. The van der Waals surface area contributed by atoms with Crippen molar-refractivity contribution in [3.05, 3.63) is 56.7 Å². The van der Waals surface area contributed by atoms with E-state index in [0.717, 1.165) is 24.0 Å². The lowest BCUT2D eigenvalue weighted by Gasteiger charge is -2.48. The third-order valence-corrected chi connectivity index (χ3v) is 7.26. The Morgan fingerprint density at radius 3 is 2.46 bits per heavy atom. The zero-order chi connectivity index (χ0) is 20.2. The highest BCUT2D eigenvalue weighted by atomic mass is 35.5. The molecule has 0 aromatic heterocycles. The van der Waals surface area contributed by atoms with Gasteiger partial charge in [0.1, 0.15) is 6.07 Å². The van der Waals surface area contributed by atoms with Crippen molar-refractivity contribution in [2.75, 3.05) is 7.05 Å². The molecular weight excluding hydrogens is 393 g/mol. The van der Waals surface area contributed by atoms with Crippen LogP contribution in [-0.2, 0) is 0 Å². The first-order chi connectivity index (χ1) is 13.4. The summed E-state index contributed by atoms with van der Waals surface area (Å²) in [7, 11) is 2.05. The Balaban J connectivity index is 2.05. The van der Waals surface area contributed by atoms with E-state index in [1.807, 2.05) is 0 Å². The third-order valence-electron chi connectivity index (χ3n) is 6.53. The van der Waals surface area contributed by atoms with Crippen molar-refractivity contribution in [2.24, 2.45) is 17.1 Å². The van der Waals surface area contributed by atoms with Crippen molar-refractivity contribution in [3.63, 3.8) is 0 Å². The van der Waals surface area contributed by atoms with Crippen molar-refractivity contribution in [2.45, 2.75) is 30.8 Å². The summed E-state index contributed by atoms with van der Waals surface area (Å²) in [4.78, 5) is 2.27. The maximum atomic E-state index is 10.1. The van der Waals surface area contributed by atoms with E-state index in [1.165, 1.54) is 0 Å². The molecular formula is C21H17Cl2N5. The largest absolute Gasteiger partial charge is 0.399 e. The van der Waals surface area contributed by atoms with Crippen LogP contribution in [0.25, 0.3) is 0 Å². The maximum Gasteiger partial charge on any atom is 0.191 e. The highest BCUT2D eigenvalue weighted by Gasteiger charge is 2.58. The van der Waals surface area contributed by atoms with Gasteiger partial charge in [0.05, 0.1) is 33.5 Å². The smallest absolute Gasteiger partial charge is 0.191 e. The molecule has 2 N–H and O–H groups in total. The first kappa shape index (κ1) is 18.9. The van der Waals surface area contributed by atoms with Gasteiger partial charge in [-0.1, -0.05) is 35.3 Å². The minimum Gasteiger partial charge on any atom is -0.399 e. The van der Waals surface area contributed by atoms with E-state index in [9.17, 15) is 15.8 Å². The van der Waals surface area contributed by atoms with Crippen molar-refractivity contribution in [3.8, 4) is 18.2 Å². The first-order valence-corrected chi connectivity index (χ1v) is 9.77. The van der Waals surface area contributed by atoms with Gasteiger partial charge in [-0.2, -0.15) is 15.8 Å². The Morgan fingerprint density at radius 1 is 1.14 bits per heavy atom. The number of likely N-dealkylation sites (N-methyl/N-ethyl adjacent to an activating group) is 1. The fourth-order valence-electron chi connectivity index (χ4n) is 5.17. The van der Waals surface area contributed by atoms with Crippen LogP contribution in [0.1, 0.15) is 24.3 Å². The fraction of sp³-hybridized carbons (Fsp3) is 0.381. The number of fused-ring (bicyclic) bond motifs is 4. The monoisotopic (exact) mass is 409 g/mol. The Labute approximate surface area is 173 Å². The van der Waals surface area contributed by atoms with Crippen LogP contribution in [-0.4, -0.2) is 24.0 Å². The second kappa shape index (κ2) is 6.54. The normalized spacial score (nSPS) is 30.6. The topological polar surface area (TPSA) is 101 Å². The molecule has 1 saturated heterocycles. The van der Waals surface area contributed by atoms with Gasteiger partial charge in [0.15, 0.2) is 5.41 Å². The molecule has 1 aromatic rings. The summed E-state index contributed by atoms with van der Waals surface area (Å²) >= 11 is 12.4. The molecule has 0 unspecified atom stereocenters. The number of nitriles is 3. The molecule has 5 nitrogen and oxygen atoms in total. The van der Waals surface area contributed by atoms with Gasteiger partial charge in [-0.05, 0) is 43.2 Å². The number of nitrogens with two attached hydrogens (primary N) is 1. The molecule has 0 saturated carbocycles. The van der Waals surface area contributed by atoms with Crippen LogP contribution in [0.4, 0.5) is 0 Å². The third kappa shape index (κ3) is 2.33. The Hall–Kier alpha value is -2.49. The molecule has 0 amide bonds. The Kier molecular flexibility index (Phi) is 4.40. The summed E-state index contributed by atoms with van der Waals surface area (Å²) in [5, 5.41) is 30.8. The van der Waals surface area contributed by atoms with E-state index in [-0.39, 0.29) is 29.3 Å². The summed E-state index contributed by atoms with van der Waals surface area (Å²) in [5.41, 5.74) is 6.57. The van der Waals surface area contributed by atoms with Crippen LogP contribution >= 0.6 is 23.2 Å². The number of rotatable bonds is 1. The zero-order valence-corrected chi connectivity index (χ0v) is 16.7. The molecule has 140 valence electrons. The lowest BCUT2D eigenvalue weighted by molar-refractivity contribution is 0.160. The van der Waals surface area contributed by atoms with Crippen LogP contribution in [0.5, 0.6) is 0 Å². The number of nitrogens with zero attached hydrogens (tertiary/aromatic N) is 4. The van der Waals surface area contributed by atoms with Gasteiger partial charge in [-0.15, -0.1) is 0 Å². The van der Waals surface area contributed by atoms with Gasteiger partial charge in [-0.25, -0.2) is 0 Å². The summed E-state index contributed by atoms with van der Waals surface area (Å²) in [5.74, 6) is -0.755. The number of benzene rings is 1. The van der Waals surface area contributed by atoms with E-state index < -0.39 is 11.3 Å². The number of hydrogen-bond donors (Lipinski definition) is 1. The highest BCUT2D eigenvalue weighted by Crippen LogP contribution is 2.58. The van der Waals surface area contributed by atoms with Gasteiger partial charge in [0.2, 0.25) is 0 Å². The molecule has 7 heteroatoms. The molecule has 1 fully saturated rings. The van der Waals surface area contributed by atoms with E-state index in [2.05, 4.69) is 36.2 Å². The molecule has 0 spiro atoms. The SMILES string of the molecule is CN1[C@@H]2C=C3C(C#N)=C(N)C(C#N)(C#N)[C@H](c4ccc(Cl)c(Cl)c4)[C@H]3[C@H]1CC2. The highest BCUT2D eigenvalue weighted by molar-refractivity contribution is 6.42. The van der Waals surface area contributed by atoms with Crippen LogP contribution in [0.3, 0.4) is 0 Å². The maximum absolute atomic E-state index is 10.1. The predicted octanol–water partition coefficient (Wildman–Crippen LogP) is 3.88. The second-order valence-electron chi connectivity index (χ2n) is 7.61. The Bertz CT molecular complexity index is 1040. The average Bonchev–Trinajstić information content (AvgIpc) is 2.93. The lowest BCUT2D eigenvalue weighted by Crippen LogP contribution is -2.51. The zero-order valence-electron chi connectivity index (χ0n) is 15.2. The van der Waals surface area contributed by atoms with Crippen LogP contribution in [0, 0.1) is 45.3 Å². The van der Waals surface area contributed by atoms with Crippen LogP contribution in [0.15, 0.2) is 41.1 Å². The summed E-state index contributed by atoms with van der Waals surface area (Å²) in [6.45, 7) is 0. The summed E-state index contributed by atoms with van der Waals surface area (Å²) < 4.78 is 0. The quantitative estimate of drug-likeness (QED) is 0.757. The number of halogens is 2. The molecule has 4 rings (SSSR count). The van der Waals surface area contributed by atoms with Crippen molar-refractivity contribution in [1.29, 1.82) is 15.8 Å². The molecule has 0 radical (unpaired) electrons. The van der Waals surface area contributed by atoms with E-state index in [0.29, 0.717) is 10.0 Å². The fourth-order valence-corrected chi connectivity index (χ4v) is 5.47. The van der Waals surface area contributed by atoms with Crippen molar-refractivity contribution < 1.29 is 0 Å². The minimum absolute atomic E-state index is 0.0301. The molecule has 4 atom stereocenters. The van der Waals surface area contributed by atoms with E-state index in [4.69, 9.17) is 28.9 Å². The van der Waals surface area contributed by atoms with E-state index in [1.54, 1.807) is 18.2 Å². The molecule has 2 heterocycles. The Morgan fingerprint density at radius 2 is 1.86 bits per heavy atom. The van der Waals surface area contributed by atoms with Crippen molar-refractivity contribution in [1.82, 2.24) is 4.90 Å². The first-order valence-electron chi connectivity index (χ1n) is 9.01. The van der Waals surface area contributed by atoms with Gasteiger partial charge < -0.3 is 5.73 Å². The van der Waals surface area contributed by atoms with Crippen LogP contribution < -0.4 is 5.73 Å². The number of allylic oxidation sites excluding steroid dienone is 2. The summed E-state index contributed by atoms with van der Waals surface area (Å²) in [6, 6.07) is 12.0. The van der Waals surface area contributed by atoms with Gasteiger partial charge in [0.25, 0.3) is 0 Å². The lowest BCUT2D eigenvalue weighted by atomic mass is 9.56. The molecule has 1 aromatic carbocycles. The van der Waals surface area contributed by atoms with Gasteiger partial charge in [-0.3, -0.25) is 4.90 Å².